The Morgan fingerprint density at radius 2 is 1.88 bits per heavy atom. The van der Waals surface area contributed by atoms with E-state index in [2.05, 4.69) is 15.3 Å². The smallest absolute Gasteiger partial charge is 0.226 e. The van der Waals surface area contributed by atoms with Crippen LogP contribution < -0.4 is 11.1 Å². The van der Waals surface area contributed by atoms with Crippen LogP contribution in [0.2, 0.25) is 5.28 Å². The number of nitrogens with one attached hydrogen (secondary N) is 1. The fraction of sp³-hybridized carbons (Fsp3) is 0.0909. The molecular formula is C11H11ClN4. The van der Waals surface area contributed by atoms with E-state index in [9.17, 15) is 0 Å². The summed E-state index contributed by atoms with van der Waals surface area (Å²) in [5, 5.41) is 3.23. The molecule has 1 aromatic heterocycles. The highest BCUT2D eigenvalue weighted by molar-refractivity contribution is 6.28. The van der Waals surface area contributed by atoms with Gasteiger partial charge in [-0.05, 0) is 30.7 Å². The number of rotatable bonds is 2. The van der Waals surface area contributed by atoms with Crippen LogP contribution in [0.4, 0.5) is 17.3 Å². The molecule has 1 heterocycles. The predicted molar refractivity (Wildman–Crippen MR) is 65.9 cm³/mol. The molecule has 0 saturated carbocycles. The van der Waals surface area contributed by atoms with E-state index in [1.54, 1.807) is 6.07 Å². The Balaban J connectivity index is 2.23. The predicted octanol–water partition coefficient (Wildman–Crippen LogP) is 2.76. The molecule has 0 aliphatic carbocycles. The lowest BCUT2D eigenvalue weighted by Crippen LogP contribution is -1.98. The van der Waals surface area contributed by atoms with Crippen molar-refractivity contribution in [3.8, 4) is 0 Å². The minimum absolute atomic E-state index is 0.134. The Bertz CT molecular complexity index is 476. The van der Waals surface area contributed by atoms with Gasteiger partial charge in [-0.2, -0.15) is 0 Å². The Labute approximate surface area is 98.5 Å². The van der Waals surface area contributed by atoms with Gasteiger partial charge in [-0.25, -0.2) is 9.97 Å². The lowest BCUT2D eigenvalue weighted by atomic mass is 10.2. The second-order valence-electron chi connectivity index (χ2n) is 3.44. The first-order chi connectivity index (χ1) is 7.63. The fourth-order valence-electron chi connectivity index (χ4n) is 1.28. The zero-order valence-corrected chi connectivity index (χ0v) is 9.49. The second-order valence-corrected chi connectivity index (χ2v) is 3.78. The highest BCUT2D eigenvalue weighted by Crippen LogP contribution is 2.17. The van der Waals surface area contributed by atoms with Gasteiger partial charge in [0.1, 0.15) is 11.6 Å². The molecule has 0 atom stereocenters. The number of anilines is 3. The number of nitrogens with zero attached hydrogens (tertiary/aromatic N) is 2. The minimum Gasteiger partial charge on any atom is -0.383 e. The highest BCUT2D eigenvalue weighted by Gasteiger charge is 2.00. The first kappa shape index (κ1) is 10.7. The zero-order chi connectivity index (χ0) is 11.5. The quantitative estimate of drug-likeness (QED) is 0.785. The molecule has 82 valence electrons. The van der Waals surface area contributed by atoms with Gasteiger partial charge < -0.3 is 11.1 Å². The molecule has 4 nitrogen and oxygen atoms in total. The number of hydrogen-bond acceptors (Lipinski definition) is 4. The van der Waals surface area contributed by atoms with Gasteiger partial charge in [-0.3, -0.25) is 0 Å². The Morgan fingerprint density at radius 3 is 2.50 bits per heavy atom. The van der Waals surface area contributed by atoms with E-state index < -0.39 is 0 Å². The summed E-state index contributed by atoms with van der Waals surface area (Å²) in [6.45, 7) is 2.03. The van der Waals surface area contributed by atoms with Crippen LogP contribution in [0.15, 0.2) is 30.3 Å². The third-order valence-electron chi connectivity index (χ3n) is 2.04. The van der Waals surface area contributed by atoms with Crippen molar-refractivity contribution in [3.63, 3.8) is 0 Å². The largest absolute Gasteiger partial charge is 0.383 e. The van der Waals surface area contributed by atoms with Gasteiger partial charge in [0.05, 0.1) is 0 Å². The van der Waals surface area contributed by atoms with Gasteiger partial charge in [0.15, 0.2) is 0 Å². The fourth-order valence-corrected chi connectivity index (χ4v) is 1.47. The van der Waals surface area contributed by atoms with E-state index in [0.29, 0.717) is 11.6 Å². The van der Waals surface area contributed by atoms with Gasteiger partial charge in [-0.1, -0.05) is 17.7 Å². The maximum atomic E-state index is 5.70. The van der Waals surface area contributed by atoms with Crippen LogP contribution in [-0.2, 0) is 0 Å². The third kappa shape index (κ3) is 2.61. The first-order valence-corrected chi connectivity index (χ1v) is 5.15. The SMILES string of the molecule is Cc1ccc(Nc2cc(N)nc(Cl)n2)cc1. The van der Waals surface area contributed by atoms with Crippen molar-refractivity contribution in [1.82, 2.24) is 9.97 Å². The van der Waals surface area contributed by atoms with E-state index in [4.69, 9.17) is 17.3 Å². The van der Waals surface area contributed by atoms with Crippen molar-refractivity contribution < 1.29 is 0 Å². The molecule has 16 heavy (non-hydrogen) atoms. The molecule has 5 heteroatoms. The summed E-state index contributed by atoms with van der Waals surface area (Å²) in [4.78, 5) is 7.80. The number of nitrogens with two attached hydrogens (primary N) is 1. The van der Waals surface area contributed by atoms with E-state index in [1.807, 2.05) is 31.2 Å². The summed E-state index contributed by atoms with van der Waals surface area (Å²) in [6.07, 6.45) is 0. The van der Waals surface area contributed by atoms with Crippen LogP contribution in [-0.4, -0.2) is 9.97 Å². The van der Waals surface area contributed by atoms with Crippen LogP contribution in [0.3, 0.4) is 0 Å². The van der Waals surface area contributed by atoms with Crippen molar-refractivity contribution in [2.75, 3.05) is 11.1 Å². The van der Waals surface area contributed by atoms with Gasteiger partial charge in [0.2, 0.25) is 5.28 Å². The van der Waals surface area contributed by atoms with E-state index >= 15 is 0 Å². The van der Waals surface area contributed by atoms with Crippen LogP contribution in [0.1, 0.15) is 5.56 Å². The summed E-state index contributed by atoms with van der Waals surface area (Å²) < 4.78 is 0. The number of hydrogen-bond donors (Lipinski definition) is 2. The minimum atomic E-state index is 0.134. The van der Waals surface area contributed by atoms with E-state index in [1.165, 1.54) is 5.56 Å². The molecule has 1 aromatic carbocycles. The van der Waals surface area contributed by atoms with E-state index in [-0.39, 0.29) is 5.28 Å². The van der Waals surface area contributed by atoms with Crippen LogP contribution in [0.5, 0.6) is 0 Å². The van der Waals surface area contributed by atoms with Crippen molar-refractivity contribution >= 4 is 28.9 Å². The molecule has 0 aliphatic heterocycles. The maximum Gasteiger partial charge on any atom is 0.226 e. The lowest BCUT2D eigenvalue weighted by Gasteiger charge is -2.06. The van der Waals surface area contributed by atoms with E-state index in [0.717, 1.165) is 5.69 Å². The number of aromatic nitrogens is 2. The van der Waals surface area contributed by atoms with Crippen molar-refractivity contribution in [2.45, 2.75) is 6.92 Å². The Hall–Kier alpha value is -1.81. The summed E-state index contributed by atoms with van der Waals surface area (Å²) in [6, 6.07) is 9.57. The number of benzene rings is 1. The molecule has 0 saturated heterocycles. The highest BCUT2D eigenvalue weighted by atomic mass is 35.5. The molecule has 0 bridgehead atoms. The first-order valence-electron chi connectivity index (χ1n) is 4.77. The molecule has 0 aliphatic rings. The lowest BCUT2D eigenvalue weighted by molar-refractivity contribution is 1.18. The Kier molecular flexibility index (Phi) is 2.92. The summed E-state index contributed by atoms with van der Waals surface area (Å²) in [5.41, 5.74) is 7.69. The number of halogens is 1. The summed E-state index contributed by atoms with van der Waals surface area (Å²) in [5.74, 6) is 0.927. The van der Waals surface area contributed by atoms with Crippen molar-refractivity contribution in [1.29, 1.82) is 0 Å². The molecule has 0 unspecified atom stereocenters. The van der Waals surface area contributed by atoms with Crippen molar-refractivity contribution in [2.24, 2.45) is 0 Å². The van der Waals surface area contributed by atoms with Gasteiger partial charge in [-0.15, -0.1) is 0 Å². The molecule has 2 rings (SSSR count). The molecule has 0 radical (unpaired) electrons. The summed E-state index contributed by atoms with van der Waals surface area (Å²) in [7, 11) is 0. The summed E-state index contributed by atoms with van der Waals surface area (Å²) >= 11 is 5.70. The maximum absolute atomic E-state index is 5.70. The number of nitrogen functional groups attached to an aromatic ring is 1. The van der Waals surface area contributed by atoms with Crippen LogP contribution >= 0.6 is 11.6 Å². The molecule has 0 amide bonds. The van der Waals surface area contributed by atoms with Gasteiger partial charge in [0, 0.05) is 11.8 Å². The Morgan fingerprint density at radius 1 is 1.19 bits per heavy atom. The molecule has 0 spiro atoms. The molecule has 3 N–H and O–H groups in total. The molecule has 2 aromatic rings. The van der Waals surface area contributed by atoms with Crippen LogP contribution in [0.25, 0.3) is 0 Å². The monoisotopic (exact) mass is 234 g/mol. The number of aryl methyl sites for hydroxylation is 1. The average Bonchev–Trinajstić information content (AvgIpc) is 2.20. The standard InChI is InChI=1S/C11H11ClN4/c1-7-2-4-8(5-3-7)14-10-6-9(13)15-11(12)16-10/h2-6H,1H3,(H3,13,14,15,16). The van der Waals surface area contributed by atoms with Gasteiger partial charge >= 0.3 is 0 Å². The zero-order valence-electron chi connectivity index (χ0n) is 8.74. The topological polar surface area (TPSA) is 63.8 Å². The van der Waals surface area contributed by atoms with Gasteiger partial charge in [0.25, 0.3) is 0 Å². The second kappa shape index (κ2) is 4.37. The normalized spacial score (nSPS) is 10.1. The molecule has 0 fully saturated rings. The third-order valence-corrected chi connectivity index (χ3v) is 2.21. The van der Waals surface area contributed by atoms with Crippen LogP contribution in [0, 0.1) is 6.92 Å². The average molecular weight is 235 g/mol. The van der Waals surface area contributed by atoms with Crippen molar-refractivity contribution in [3.05, 3.63) is 41.2 Å². The molecular weight excluding hydrogens is 224 g/mol.